The molecule has 0 aliphatic carbocycles. The Morgan fingerprint density at radius 3 is 2.42 bits per heavy atom. The van der Waals surface area contributed by atoms with Crippen LogP contribution in [0.15, 0.2) is 88.9 Å². The zero-order valence-corrected chi connectivity index (χ0v) is 22.3. The molecule has 1 aliphatic rings. The van der Waals surface area contributed by atoms with Crippen LogP contribution in [0.5, 0.6) is 0 Å². The molecule has 5 rings (SSSR count). The minimum atomic E-state index is -0.613. The lowest BCUT2D eigenvalue weighted by Crippen LogP contribution is -2.32. The van der Waals surface area contributed by atoms with Gasteiger partial charge in [0.25, 0.3) is 17.7 Å². The Kier molecular flexibility index (Phi) is 7.28. The van der Waals surface area contributed by atoms with Crippen LogP contribution in [-0.4, -0.2) is 22.7 Å². The lowest BCUT2D eigenvalue weighted by atomic mass is 10.1. The number of imide groups is 1. The van der Waals surface area contributed by atoms with Crippen molar-refractivity contribution in [3.05, 3.63) is 105 Å². The van der Waals surface area contributed by atoms with Crippen molar-refractivity contribution in [2.75, 3.05) is 15.5 Å². The maximum Gasteiger partial charge on any atom is 0.283 e. The van der Waals surface area contributed by atoms with Gasteiger partial charge in [-0.15, -0.1) is 11.3 Å². The number of nitrogens with one attached hydrogen (secondary N) is 2. The first-order valence-electron chi connectivity index (χ1n) is 11.6. The third-order valence-corrected chi connectivity index (χ3v) is 7.25. The van der Waals surface area contributed by atoms with Crippen LogP contribution in [0.2, 0.25) is 5.02 Å². The molecule has 1 aromatic heterocycles. The van der Waals surface area contributed by atoms with Gasteiger partial charge in [-0.25, -0.2) is 9.88 Å². The van der Waals surface area contributed by atoms with Gasteiger partial charge in [-0.2, -0.15) is 0 Å². The van der Waals surface area contributed by atoms with Crippen LogP contribution in [0, 0.1) is 0 Å². The first-order valence-corrected chi connectivity index (χ1v) is 13.2. The molecule has 0 radical (unpaired) electrons. The molecule has 0 spiro atoms. The molecule has 38 heavy (non-hydrogen) atoms. The summed E-state index contributed by atoms with van der Waals surface area (Å²) in [5.41, 5.74) is 3.82. The third kappa shape index (κ3) is 5.19. The highest BCUT2D eigenvalue weighted by Crippen LogP contribution is 2.31. The van der Waals surface area contributed by atoms with Crippen molar-refractivity contribution in [2.45, 2.75) is 13.3 Å². The molecule has 4 aromatic rings. The van der Waals surface area contributed by atoms with Crippen LogP contribution in [0.1, 0.15) is 22.8 Å². The summed E-state index contributed by atoms with van der Waals surface area (Å²) in [7, 11) is 0. The van der Waals surface area contributed by atoms with E-state index in [0.717, 1.165) is 28.1 Å². The van der Waals surface area contributed by atoms with Crippen molar-refractivity contribution in [3.63, 3.8) is 0 Å². The number of benzene rings is 3. The first kappa shape index (κ1) is 25.7. The second-order valence-corrected chi connectivity index (χ2v) is 10.0. The summed E-state index contributed by atoms with van der Waals surface area (Å²) in [4.78, 5) is 44.3. The molecule has 7 nitrogen and oxygen atoms in total. The molecule has 2 heterocycles. The zero-order chi connectivity index (χ0) is 26.8. The van der Waals surface area contributed by atoms with E-state index in [0.29, 0.717) is 27.1 Å². The Morgan fingerprint density at radius 2 is 1.71 bits per heavy atom. The standard InChI is InChI=1S/C28H20Cl2N4O3S/c1-2-16-6-12-21(13-7-16)34-26(36)23(30)24(27(34)37)31-20-5-3-4-18(14-20)25(35)33-28-32-22(15-38-28)17-8-10-19(29)11-9-17/h3-15,31H,2H2,1H3,(H,32,33,35). The number of halogens is 2. The van der Waals surface area contributed by atoms with Gasteiger partial charge in [0.1, 0.15) is 10.7 Å². The number of aromatic nitrogens is 1. The SMILES string of the molecule is CCc1ccc(N2C(=O)C(Cl)=C(Nc3cccc(C(=O)Nc4nc(-c5ccc(Cl)cc5)cs4)c3)C2=O)cc1. The van der Waals surface area contributed by atoms with E-state index in [9.17, 15) is 14.4 Å². The Labute approximate surface area is 232 Å². The van der Waals surface area contributed by atoms with Gasteiger partial charge in [0.2, 0.25) is 0 Å². The van der Waals surface area contributed by atoms with Gasteiger partial charge in [-0.05, 0) is 54.4 Å². The van der Waals surface area contributed by atoms with Gasteiger partial charge in [-0.3, -0.25) is 19.7 Å². The second kappa shape index (κ2) is 10.8. The molecule has 0 bridgehead atoms. The number of carbonyl (C=O) groups excluding carboxylic acids is 3. The summed E-state index contributed by atoms with van der Waals surface area (Å²) in [6.45, 7) is 2.02. The van der Waals surface area contributed by atoms with Gasteiger partial charge in [0.15, 0.2) is 5.13 Å². The Hall–Kier alpha value is -3.98. The number of amides is 3. The molecule has 0 unspecified atom stereocenters. The van der Waals surface area contributed by atoms with Crippen LogP contribution < -0.4 is 15.5 Å². The van der Waals surface area contributed by atoms with Gasteiger partial charge in [0, 0.05) is 27.2 Å². The van der Waals surface area contributed by atoms with Gasteiger partial charge in [-0.1, -0.05) is 60.5 Å². The molecular weight excluding hydrogens is 543 g/mol. The number of rotatable bonds is 7. The van der Waals surface area contributed by atoms with Crippen molar-refractivity contribution < 1.29 is 14.4 Å². The lowest BCUT2D eigenvalue weighted by molar-refractivity contribution is -0.120. The smallest absolute Gasteiger partial charge is 0.283 e. The van der Waals surface area contributed by atoms with E-state index < -0.39 is 11.8 Å². The fourth-order valence-corrected chi connectivity index (χ4v) is 4.92. The van der Waals surface area contributed by atoms with Gasteiger partial charge in [0.05, 0.1) is 11.4 Å². The monoisotopic (exact) mass is 562 g/mol. The fourth-order valence-electron chi connectivity index (χ4n) is 3.86. The molecule has 1 aliphatic heterocycles. The molecule has 2 N–H and O–H groups in total. The number of hydrogen-bond acceptors (Lipinski definition) is 6. The fraction of sp³-hybridized carbons (Fsp3) is 0.0714. The van der Waals surface area contributed by atoms with Crippen molar-refractivity contribution >= 4 is 68.8 Å². The quantitative estimate of drug-likeness (QED) is 0.244. The van der Waals surface area contributed by atoms with Crippen LogP contribution in [0.3, 0.4) is 0 Å². The highest BCUT2D eigenvalue weighted by molar-refractivity contribution is 7.14. The van der Waals surface area contributed by atoms with E-state index in [1.54, 1.807) is 48.5 Å². The Morgan fingerprint density at radius 1 is 0.974 bits per heavy atom. The molecular formula is C28H20Cl2N4O3S. The number of nitrogens with zero attached hydrogens (tertiary/aromatic N) is 2. The van der Waals surface area contributed by atoms with Crippen molar-refractivity contribution in [1.82, 2.24) is 4.98 Å². The second-order valence-electron chi connectivity index (χ2n) is 8.36. The summed E-state index contributed by atoms with van der Waals surface area (Å²) < 4.78 is 0. The highest BCUT2D eigenvalue weighted by Gasteiger charge is 2.39. The van der Waals surface area contributed by atoms with E-state index in [1.807, 2.05) is 36.6 Å². The highest BCUT2D eigenvalue weighted by atomic mass is 35.5. The predicted molar refractivity (Wildman–Crippen MR) is 152 cm³/mol. The molecule has 3 aromatic carbocycles. The summed E-state index contributed by atoms with van der Waals surface area (Å²) >= 11 is 13.5. The summed E-state index contributed by atoms with van der Waals surface area (Å²) in [6.07, 6.45) is 0.837. The normalized spacial score (nSPS) is 13.3. The molecule has 190 valence electrons. The average molecular weight is 563 g/mol. The van der Waals surface area contributed by atoms with Crippen LogP contribution in [0.25, 0.3) is 11.3 Å². The number of anilines is 3. The van der Waals surface area contributed by atoms with E-state index in [1.165, 1.54) is 11.3 Å². The first-order chi connectivity index (χ1) is 18.3. The van der Waals surface area contributed by atoms with E-state index >= 15 is 0 Å². The number of hydrogen-bond donors (Lipinski definition) is 2. The minimum absolute atomic E-state index is 0.0543. The van der Waals surface area contributed by atoms with Gasteiger partial charge >= 0.3 is 0 Å². The van der Waals surface area contributed by atoms with Crippen molar-refractivity contribution in [3.8, 4) is 11.3 Å². The maximum atomic E-state index is 13.1. The maximum absolute atomic E-state index is 13.1. The number of thiazole rings is 1. The molecule has 0 saturated carbocycles. The third-order valence-electron chi connectivity index (χ3n) is 5.89. The predicted octanol–water partition coefficient (Wildman–Crippen LogP) is 6.71. The summed E-state index contributed by atoms with van der Waals surface area (Å²) in [5.74, 6) is -1.56. The summed E-state index contributed by atoms with van der Waals surface area (Å²) in [5, 5.41) is 8.39. The minimum Gasteiger partial charge on any atom is -0.350 e. The van der Waals surface area contributed by atoms with Crippen LogP contribution in [-0.2, 0) is 16.0 Å². The topological polar surface area (TPSA) is 91.4 Å². The van der Waals surface area contributed by atoms with E-state index in [-0.39, 0.29) is 16.6 Å². The largest absolute Gasteiger partial charge is 0.350 e. The molecule has 3 amide bonds. The molecule has 10 heteroatoms. The van der Waals surface area contributed by atoms with Crippen molar-refractivity contribution in [1.29, 1.82) is 0 Å². The molecule has 0 fully saturated rings. The molecule has 0 saturated heterocycles. The number of carbonyl (C=O) groups is 3. The lowest BCUT2D eigenvalue weighted by Gasteiger charge is -2.15. The zero-order valence-electron chi connectivity index (χ0n) is 20.0. The Balaban J connectivity index is 1.30. The van der Waals surface area contributed by atoms with Crippen molar-refractivity contribution in [2.24, 2.45) is 0 Å². The van der Waals surface area contributed by atoms with Crippen LogP contribution >= 0.6 is 34.5 Å². The van der Waals surface area contributed by atoms with Gasteiger partial charge < -0.3 is 5.32 Å². The Bertz CT molecular complexity index is 1580. The molecule has 0 atom stereocenters. The van der Waals surface area contributed by atoms with Crippen LogP contribution in [0.4, 0.5) is 16.5 Å². The van der Waals surface area contributed by atoms with E-state index in [4.69, 9.17) is 23.2 Å². The average Bonchev–Trinajstić information content (AvgIpc) is 3.47. The summed E-state index contributed by atoms with van der Waals surface area (Å²) in [6, 6.07) is 20.9. The van der Waals surface area contributed by atoms with E-state index in [2.05, 4.69) is 15.6 Å². The number of aryl methyl sites for hydroxylation is 1.